The second-order valence-electron chi connectivity index (χ2n) is 5.97. The highest BCUT2D eigenvalue weighted by Crippen LogP contribution is 2.19. The minimum absolute atomic E-state index is 0.0593. The lowest BCUT2D eigenvalue weighted by Crippen LogP contribution is -2.18. The molecule has 0 fully saturated rings. The Balaban J connectivity index is 1.71. The third kappa shape index (κ3) is 4.13. The molecule has 0 bridgehead atoms. The Bertz CT molecular complexity index is 949. The summed E-state index contributed by atoms with van der Waals surface area (Å²) in [5.41, 5.74) is 2.54. The topological polar surface area (TPSA) is 90.1 Å². The van der Waals surface area contributed by atoms with Crippen LogP contribution >= 0.6 is 0 Å². The van der Waals surface area contributed by atoms with Gasteiger partial charge in [0, 0.05) is 17.7 Å². The van der Waals surface area contributed by atoms with Crippen LogP contribution in [-0.4, -0.2) is 20.6 Å². The number of carbonyl (C=O) groups is 1. The summed E-state index contributed by atoms with van der Waals surface area (Å²) >= 11 is 0. The number of nitro groups is 1. The molecule has 0 unspecified atom stereocenters. The molecular formula is C19H18N4O3. The second-order valence-corrected chi connectivity index (χ2v) is 5.97. The fourth-order valence-corrected chi connectivity index (χ4v) is 2.75. The van der Waals surface area contributed by atoms with E-state index in [1.165, 1.54) is 6.07 Å². The lowest BCUT2D eigenvalue weighted by atomic mass is 10.1. The summed E-state index contributed by atoms with van der Waals surface area (Å²) in [6.45, 7) is 2.54. The van der Waals surface area contributed by atoms with E-state index in [4.69, 9.17) is 0 Å². The molecule has 0 aliphatic heterocycles. The van der Waals surface area contributed by atoms with Crippen LogP contribution in [0, 0.1) is 17.0 Å². The predicted octanol–water partition coefficient (Wildman–Crippen LogP) is 3.33. The van der Waals surface area contributed by atoms with Gasteiger partial charge < -0.3 is 5.32 Å². The molecule has 26 heavy (non-hydrogen) atoms. The summed E-state index contributed by atoms with van der Waals surface area (Å²) in [4.78, 5) is 22.9. The highest BCUT2D eigenvalue weighted by molar-refractivity contribution is 5.92. The summed E-state index contributed by atoms with van der Waals surface area (Å²) in [6, 6.07) is 16.0. The number of aryl methyl sites for hydroxylation is 1. The van der Waals surface area contributed by atoms with Crippen molar-refractivity contribution in [1.82, 2.24) is 9.78 Å². The van der Waals surface area contributed by atoms with Gasteiger partial charge in [-0.3, -0.25) is 14.9 Å². The number of nitrogens with one attached hydrogen (secondary N) is 1. The van der Waals surface area contributed by atoms with Crippen molar-refractivity contribution in [2.45, 2.75) is 19.9 Å². The Labute approximate surface area is 150 Å². The highest BCUT2D eigenvalue weighted by Gasteiger charge is 2.16. The van der Waals surface area contributed by atoms with E-state index in [-0.39, 0.29) is 18.0 Å². The van der Waals surface area contributed by atoms with Crippen LogP contribution in [0.4, 0.5) is 11.5 Å². The summed E-state index contributed by atoms with van der Waals surface area (Å²) in [6.07, 6.45) is 1.53. The lowest BCUT2D eigenvalue weighted by Gasteiger charge is -2.10. The van der Waals surface area contributed by atoms with E-state index in [0.717, 1.165) is 11.1 Å². The first-order chi connectivity index (χ1) is 12.5. The highest BCUT2D eigenvalue weighted by atomic mass is 16.6. The van der Waals surface area contributed by atoms with Crippen molar-refractivity contribution in [1.29, 1.82) is 0 Å². The number of nitro benzene ring substituents is 1. The van der Waals surface area contributed by atoms with Gasteiger partial charge >= 0.3 is 0 Å². The van der Waals surface area contributed by atoms with Crippen molar-refractivity contribution in [2.24, 2.45) is 0 Å². The van der Waals surface area contributed by atoms with Crippen molar-refractivity contribution in [3.05, 3.63) is 87.6 Å². The summed E-state index contributed by atoms with van der Waals surface area (Å²) < 4.78 is 1.69. The normalized spacial score (nSPS) is 10.5. The van der Waals surface area contributed by atoms with Crippen LogP contribution in [0.1, 0.15) is 16.7 Å². The van der Waals surface area contributed by atoms with Crippen LogP contribution in [0.2, 0.25) is 0 Å². The van der Waals surface area contributed by atoms with Gasteiger partial charge in [-0.05, 0) is 12.5 Å². The molecule has 7 nitrogen and oxygen atoms in total. The largest absolute Gasteiger partial charge is 0.311 e. The number of hydrogen-bond donors (Lipinski definition) is 1. The smallest absolute Gasteiger partial charge is 0.273 e. The molecule has 0 radical (unpaired) electrons. The first-order valence-corrected chi connectivity index (χ1v) is 8.12. The van der Waals surface area contributed by atoms with Gasteiger partial charge in [-0.2, -0.15) is 5.10 Å². The van der Waals surface area contributed by atoms with Crippen LogP contribution in [0.15, 0.2) is 60.8 Å². The zero-order valence-electron chi connectivity index (χ0n) is 14.3. The molecule has 0 saturated carbocycles. The first-order valence-electron chi connectivity index (χ1n) is 8.12. The molecule has 3 rings (SSSR count). The molecule has 0 aliphatic rings. The monoisotopic (exact) mass is 350 g/mol. The van der Waals surface area contributed by atoms with E-state index in [1.807, 2.05) is 25.1 Å². The summed E-state index contributed by atoms with van der Waals surface area (Å²) in [7, 11) is 0. The molecule has 1 amide bonds. The van der Waals surface area contributed by atoms with Gasteiger partial charge in [0.05, 0.1) is 24.1 Å². The maximum atomic E-state index is 12.3. The Morgan fingerprint density at radius 1 is 1.19 bits per heavy atom. The van der Waals surface area contributed by atoms with Crippen molar-refractivity contribution in [3.63, 3.8) is 0 Å². The van der Waals surface area contributed by atoms with E-state index in [1.54, 1.807) is 35.1 Å². The van der Waals surface area contributed by atoms with Crippen molar-refractivity contribution in [3.8, 4) is 0 Å². The SMILES string of the molecule is Cc1cccc(Cn2nccc2NC(=O)Cc2ccccc2[N+](=O)[O-])c1. The average Bonchev–Trinajstić information content (AvgIpc) is 3.01. The number of aromatic nitrogens is 2. The quantitative estimate of drug-likeness (QED) is 0.545. The van der Waals surface area contributed by atoms with Crippen molar-refractivity contribution < 1.29 is 9.72 Å². The third-order valence-electron chi connectivity index (χ3n) is 3.94. The van der Waals surface area contributed by atoms with Gasteiger partial charge in [-0.15, -0.1) is 0 Å². The number of benzene rings is 2. The van der Waals surface area contributed by atoms with E-state index in [9.17, 15) is 14.9 Å². The molecule has 1 N–H and O–H groups in total. The Morgan fingerprint density at radius 3 is 2.77 bits per heavy atom. The zero-order chi connectivity index (χ0) is 18.5. The van der Waals surface area contributed by atoms with E-state index in [0.29, 0.717) is 17.9 Å². The minimum Gasteiger partial charge on any atom is -0.311 e. The van der Waals surface area contributed by atoms with Crippen LogP contribution in [0.5, 0.6) is 0 Å². The Kier molecular flexibility index (Phi) is 5.07. The lowest BCUT2D eigenvalue weighted by molar-refractivity contribution is -0.385. The standard InChI is InChI=1S/C19H18N4O3/c1-14-5-4-6-15(11-14)13-22-18(9-10-20-22)21-19(24)12-16-7-2-3-8-17(16)23(25)26/h2-11H,12-13H2,1H3,(H,21,24). The van der Waals surface area contributed by atoms with Gasteiger partial charge in [0.15, 0.2) is 0 Å². The van der Waals surface area contributed by atoms with Crippen LogP contribution < -0.4 is 5.32 Å². The number of para-hydroxylation sites is 1. The number of anilines is 1. The van der Waals surface area contributed by atoms with E-state index < -0.39 is 4.92 Å². The Morgan fingerprint density at radius 2 is 2.00 bits per heavy atom. The second kappa shape index (κ2) is 7.60. The molecule has 1 aromatic heterocycles. The van der Waals surface area contributed by atoms with Gasteiger partial charge in [-0.25, -0.2) is 4.68 Å². The number of rotatable bonds is 6. The molecule has 0 saturated heterocycles. The zero-order valence-corrected chi connectivity index (χ0v) is 14.3. The van der Waals surface area contributed by atoms with Gasteiger partial charge in [-0.1, -0.05) is 48.0 Å². The molecule has 1 heterocycles. The molecule has 0 aliphatic carbocycles. The maximum Gasteiger partial charge on any atom is 0.273 e. The fourth-order valence-electron chi connectivity index (χ4n) is 2.75. The summed E-state index contributed by atoms with van der Waals surface area (Å²) in [5.74, 6) is 0.223. The molecule has 132 valence electrons. The third-order valence-corrected chi connectivity index (χ3v) is 3.94. The van der Waals surface area contributed by atoms with Gasteiger partial charge in [0.1, 0.15) is 5.82 Å². The van der Waals surface area contributed by atoms with Gasteiger partial charge in [0.25, 0.3) is 5.69 Å². The number of nitrogens with zero attached hydrogens (tertiary/aromatic N) is 3. The number of amides is 1. The van der Waals surface area contributed by atoms with Crippen molar-refractivity contribution in [2.75, 3.05) is 5.32 Å². The molecular weight excluding hydrogens is 332 g/mol. The van der Waals surface area contributed by atoms with Gasteiger partial charge in [0.2, 0.25) is 5.91 Å². The number of hydrogen-bond acceptors (Lipinski definition) is 4. The molecule has 0 spiro atoms. The first kappa shape index (κ1) is 17.3. The fraction of sp³-hybridized carbons (Fsp3) is 0.158. The maximum absolute atomic E-state index is 12.3. The summed E-state index contributed by atoms with van der Waals surface area (Å²) in [5, 5.41) is 18.1. The van der Waals surface area contributed by atoms with Crippen LogP contribution in [0.3, 0.4) is 0 Å². The molecule has 2 aromatic carbocycles. The van der Waals surface area contributed by atoms with E-state index in [2.05, 4.69) is 16.5 Å². The predicted molar refractivity (Wildman–Crippen MR) is 97.9 cm³/mol. The van der Waals surface area contributed by atoms with Crippen molar-refractivity contribution >= 4 is 17.4 Å². The average molecular weight is 350 g/mol. The molecule has 7 heteroatoms. The van der Waals surface area contributed by atoms with E-state index >= 15 is 0 Å². The Hall–Kier alpha value is -3.48. The van der Waals surface area contributed by atoms with Crippen LogP contribution in [-0.2, 0) is 17.8 Å². The number of carbonyl (C=O) groups excluding carboxylic acids is 1. The molecule has 3 aromatic rings. The minimum atomic E-state index is -0.482. The van der Waals surface area contributed by atoms with Crippen LogP contribution in [0.25, 0.3) is 0 Å². The molecule has 0 atom stereocenters.